The first-order valence-corrected chi connectivity index (χ1v) is 8.60. The summed E-state index contributed by atoms with van der Waals surface area (Å²) in [5, 5.41) is 3.70. The molecule has 0 aromatic rings. The second-order valence-corrected chi connectivity index (χ2v) is 8.61. The van der Waals surface area contributed by atoms with Gasteiger partial charge in [-0.15, -0.1) is 0 Å². The maximum atomic E-state index is 3.70. The van der Waals surface area contributed by atoms with E-state index in [2.05, 4.69) is 58.8 Å². The van der Waals surface area contributed by atoms with Crippen LogP contribution in [0.4, 0.5) is 0 Å². The fourth-order valence-electron chi connectivity index (χ4n) is 3.30. The smallest absolute Gasteiger partial charge is 0.00967 e. The maximum Gasteiger partial charge on any atom is 0.00967 e. The van der Waals surface area contributed by atoms with E-state index in [9.17, 15) is 0 Å². The van der Waals surface area contributed by atoms with E-state index in [0.717, 1.165) is 18.5 Å². The van der Waals surface area contributed by atoms with E-state index in [1.54, 1.807) is 0 Å². The number of nitrogens with zero attached hydrogens (tertiary/aromatic N) is 1. The van der Waals surface area contributed by atoms with Crippen LogP contribution in [0.15, 0.2) is 0 Å². The Morgan fingerprint density at radius 3 is 2.30 bits per heavy atom. The quantitative estimate of drug-likeness (QED) is 0.781. The van der Waals surface area contributed by atoms with Gasteiger partial charge in [0.05, 0.1) is 0 Å². The Hall–Kier alpha value is -0.0800. The SMILES string of the molecule is CCC(C)(CNC(C)(C)C)CN(C)C1CCCC(C)C1. The highest BCUT2D eigenvalue weighted by Crippen LogP contribution is 2.30. The van der Waals surface area contributed by atoms with Gasteiger partial charge in [-0.05, 0) is 58.4 Å². The largest absolute Gasteiger partial charge is 0.311 e. The maximum absolute atomic E-state index is 3.70. The van der Waals surface area contributed by atoms with Crippen molar-refractivity contribution in [1.82, 2.24) is 10.2 Å². The van der Waals surface area contributed by atoms with Crippen LogP contribution in [0.25, 0.3) is 0 Å². The van der Waals surface area contributed by atoms with Crippen molar-refractivity contribution < 1.29 is 0 Å². The van der Waals surface area contributed by atoms with Crippen LogP contribution in [0.1, 0.15) is 73.6 Å². The molecule has 20 heavy (non-hydrogen) atoms. The standard InChI is InChI=1S/C18H38N2/c1-8-18(6,13-19-17(3,4)5)14-20(7)16-11-9-10-15(2)12-16/h15-16,19H,8-14H2,1-7H3. The van der Waals surface area contributed by atoms with Crippen molar-refractivity contribution in [1.29, 1.82) is 0 Å². The highest BCUT2D eigenvalue weighted by molar-refractivity contribution is 4.86. The van der Waals surface area contributed by atoms with Gasteiger partial charge in [-0.2, -0.15) is 0 Å². The van der Waals surface area contributed by atoms with Gasteiger partial charge in [0, 0.05) is 24.7 Å². The van der Waals surface area contributed by atoms with Gasteiger partial charge < -0.3 is 10.2 Å². The Labute approximate surface area is 127 Å². The summed E-state index contributed by atoms with van der Waals surface area (Å²) in [4.78, 5) is 2.64. The molecule has 120 valence electrons. The minimum absolute atomic E-state index is 0.217. The third kappa shape index (κ3) is 6.13. The Morgan fingerprint density at radius 1 is 1.15 bits per heavy atom. The first-order valence-electron chi connectivity index (χ1n) is 8.60. The highest BCUT2D eigenvalue weighted by atomic mass is 15.1. The lowest BCUT2D eigenvalue weighted by Gasteiger charge is -2.41. The van der Waals surface area contributed by atoms with E-state index in [1.807, 2.05) is 0 Å². The molecule has 2 heteroatoms. The molecule has 3 unspecified atom stereocenters. The number of hydrogen-bond acceptors (Lipinski definition) is 2. The van der Waals surface area contributed by atoms with Crippen molar-refractivity contribution in [3.05, 3.63) is 0 Å². The van der Waals surface area contributed by atoms with Gasteiger partial charge in [-0.25, -0.2) is 0 Å². The molecule has 3 atom stereocenters. The molecule has 1 aliphatic carbocycles. The zero-order chi connectivity index (χ0) is 15.4. The summed E-state index contributed by atoms with van der Waals surface area (Å²) in [5.41, 5.74) is 0.594. The predicted molar refractivity (Wildman–Crippen MR) is 90.2 cm³/mol. The zero-order valence-corrected chi connectivity index (χ0v) is 15.1. The average Bonchev–Trinajstić information content (AvgIpc) is 2.36. The molecule has 1 fully saturated rings. The molecular formula is C18H38N2. The van der Waals surface area contributed by atoms with Crippen molar-refractivity contribution >= 4 is 0 Å². The van der Waals surface area contributed by atoms with Crippen molar-refractivity contribution in [3.8, 4) is 0 Å². The zero-order valence-electron chi connectivity index (χ0n) is 15.1. The summed E-state index contributed by atoms with van der Waals surface area (Å²) in [6, 6.07) is 0.805. The second kappa shape index (κ2) is 7.26. The van der Waals surface area contributed by atoms with E-state index in [0.29, 0.717) is 5.41 Å². The predicted octanol–water partition coefficient (Wildman–Crippen LogP) is 4.30. The minimum Gasteiger partial charge on any atom is -0.311 e. The Bertz CT molecular complexity index is 282. The molecule has 0 spiro atoms. The van der Waals surface area contributed by atoms with E-state index in [4.69, 9.17) is 0 Å². The van der Waals surface area contributed by atoms with E-state index in [-0.39, 0.29) is 5.54 Å². The van der Waals surface area contributed by atoms with E-state index in [1.165, 1.54) is 38.6 Å². The van der Waals surface area contributed by atoms with Crippen LogP contribution < -0.4 is 5.32 Å². The van der Waals surface area contributed by atoms with Crippen LogP contribution in [0.5, 0.6) is 0 Å². The molecule has 2 nitrogen and oxygen atoms in total. The summed E-state index contributed by atoms with van der Waals surface area (Å²) < 4.78 is 0. The van der Waals surface area contributed by atoms with Gasteiger partial charge >= 0.3 is 0 Å². The molecule has 1 N–H and O–H groups in total. The van der Waals surface area contributed by atoms with Crippen molar-refractivity contribution in [3.63, 3.8) is 0 Å². The van der Waals surface area contributed by atoms with Crippen molar-refractivity contribution in [2.45, 2.75) is 85.2 Å². The van der Waals surface area contributed by atoms with E-state index < -0.39 is 0 Å². The van der Waals surface area contributed by atoms with E-state index >= 15 is 0 Å². The summed E-state index contributed by atoms with van der Waals surface area (Å²) in [7, 11) is 2.34. The van der Waals surface area contributed by atoms with Crippen molar-refractivity contribution in [2.75, 3.05) is 20.1 Å². The molecule has 0 radical (unpaired) electrons. The second-order valence-electron chi connectivity index (χ2n) is 8.61. The van der Waals surface area contributed by atoms with Gasteiger partial charge in [0.2, 0.25) is 0 Å². The van der Waals surface area contributed by atoms with Crippen LogP contribution in [0.2, 0.25) is 0 Å². The molecule has 1 aliphatic rings. The molecular weight excluding hydrogens is 244 g/mol. The Kier molecular flexibility index (Phi) is 6.53. The first kappa shape index (κ1) is 18.0. The molecule has 0 aromatic heterocycles. The molecule has 0 amide bonds. The fraction of sp³-hybridized carbons (Fsp3) is 1.00. The van der Waals surface area contributed by atoms with Gasteiger partial charge in [-0.1, -0.05) is 33.6 Å². The number of rotatable bonds is 6. The first-order chi connectivity index (χ1) is 9.15. The molecule has 0 aromatic carbocycles. The monoisotopic (exact) mass is 282 g/mol. The summed E-state index contributed by atoms with van der Waals surface area (Å²) in [5.74, 6) is 0.914. The minimum atomic E-state index is 0.217. The topological polar surface area (TPSA) is 15.3 Å². The highest BCUT2D eigenvalue weighted by Gasteiger charge is 2.30. The summed E-state index contributed by atoms with van der Waals surface area (Å²) >= 11 is 0. The molecule has 0 heterocycles. The number of nitrogens with one attached hydrogen (secondary N) is 1. The third-order valence-electron chi connectivity index (χ3n) is 5.06. The van der Waals surface area contributed by atoms with Gasteiger partial charge in [0.25, 0.3) is 0 Å². The lowest BCUT2D eigenvalue weighted by molar-refractivity contribution is 0.100. The molecule has 0 saturated heterocycles. The van der Waals surface area contributed by atoms with Gasteiger partial charge in [0.15, 0.2) is 0 Å². The van der Waals surface area contributed by atoms with Crippen LogP contribution in [-0.2, 0) is 0 Å². The summed E-state index contributed by atoms with van der Waals surface area (Å²) in [6.07, 6.45) is 6.87. The number of hydrogen-bond donors (Lipinski definition) is 1. The molecule has 1 saturated carbocycles. The summed E-state index contributed by atoms with van der Waals surface area (Å²) in [6.45, 7) is 16.3. The molecule has 1 rings (SSSR count). The average molecular weight is 283 g/mol. The van der Waals surface area contributed by atoms with Crippen LogP contribution >= 0.6 is 0 Å². The van der Waals surface area contributed by atoms with Gasteiger partial charge in [-0.3, -0.25) is 0 Å². The van der Waals surface area contributed by atoms with Crippen LogP contribution in [-0.4, -0.2) is 36.6 Å². The molecule has 0 bridgehead atoms. The normalized spacial score (nSPS) is 27.6. The molecule has 0 aliphatic heterocycles. The third-order valence-corrected chi connectivity index (χ3v) is 5.06. The lowest BCUT2D eigenvalue weighted by atomic mass is 9.82. The fourth-order valence-corrected chi connectivity index (χ4v) is 3.30. The van der Waals surface area contributed by atoms with Crippen LogP contribution in [0, 0.1) is 11.3 Å². The Balaban J connectivity index is 2.52. The Morgan fingerprint density at radius 2 is 1.80 bits per heavy atom. The van der Waals surface area contributed by atoms with Crippen LogP contribution in [0.3, 0.4) is 0 Å². The lowest BCUT2D eigenvalue weighted by Crippen LogP contribution is -2.49. The van der Waals surface area contributed by atoms with Gasteiger partial charge in [0.1, 0.15) is 0 Å². The van der Waals surface area contributed by atoms with Crippen molar-refractivity contribution in [2.24, 2.45) is 11.3 Å².